The molecule has 0 N–H and O–H groups in total. The number of benzene rings is 1. The number of piperidine rings is 1. The second-order valence-corrected chi connectivity index (χ2v) is 11.5. The highest BCUT2D eigenvalue weighted by Crippen LogP contribution is 2.31. The third-order valence-corrected chi connectivity index (χ3v) is 7.94. The summed E-state index contributed by atoms with van der Waals surface area (Å²) in [7, 11) is -4.11. The Hall–Kier alpha value is -2.14. The van der Waals surface area contributed by atoms with Crippen LogP contribution in [-0.2, 0) is 25.8 Å². The van der Waals surface area contributed by atoms with Gasteiger partial charge < -0.3 is 9.80 Å². The van der Waals surface area contributed by atoms with E-state index in [2.05, 4.69) is 0 Å². The molecular weight excluding hydrogens is 459 g/mol. The fraction of sp³-hybridized carbons (Fsp3) is 0.636. The fourth-order valence-corrected chi connectivity index (χ4v) is 5.70. The summed E-state index contributed by atoms with van der Waals surface area (Å²) in [6.07, 6.45) is -3.25. The molecule has 0 bridgehead atoms. The van der Waals surface area contributed by atoms with Crippen LogP contribution in [0.25, 0.3) is 0 Å². The summed E-state index contributed by atoms with van der Waals surface area (Å²) in [5.74, 6) is -0.453. The van der Waals surface area contributed by atoms with Crippen LogP contribution in [0.4, 0.5) is 13.2 Å². The maximum absolute atomic E-state index is 13.0. The van der Waals surface area contributed by atoms with E-state index in [0.717, 1.165) is 28.9 Å². The van der Waals surface area contributed by atoms with Crippen molar-refractivity contribution in [2.75, 3.05) is 39.3 Å². The molecule has 2 amide bonds. The normalized spacial score (nSPS) is 21.2. The van der Waals surface area contributed by atoms with E-state index in [1.165, 1.54) is 0 Å². The molecule has 2 fully saturated rings. The number of hydrogen-bond acceptors (Lipinski definition) is 4. The number of halogens is 3. The highest BCUT2D eigenvalue weighted by molar-refractivity contribution is 7.89. The molecule has 1 aromatic rings. The Labute approximate surface area is 192 Å². The van der Waals surface area contributed by atoms with E-state index < -0.39 is 32.1 Å². The third-order valence-electron chi connectivity index (χ3n) is 6.05. The van der Waals surface area contributed by atoms with Crippen LogP contribution in [-0.4, -0.2) is 73.6 Å². The van der Waals surface area contributed by atoms with Gasteiger partial charge in [0.1, 0.15) is 0 Å². The lowest BCUT2D eigenvalue weighted by Gasteiger charge is -2.40. The molecule has 1 unspecified atom stereocenters. The lowest BCUT2D eigenvalue weighted by molar-refractivity contribution is -0.146. The molecule has 2 aliphatic rings. The minimum absolute atomic E-state index is 0.00166. The number of amides is 2. The fourth-order valence-electron chi connectivity index (χ4n) is 4.23. The molecule has 2 heterocycles. The monoisotopic (exact) mass is 489 g/mol. The van der Waals surface area contributed by atoms with Crippen molar-refractivity contribution in [2.45, 2.75) is 44.7 Å². The molecule has 7 nitrogen and oxygen atoms in total. The van der Waals surface area contributed by atoms with Crippen LogP contribution in [0.1, 0.15) is 39.2 Å². The number of carbonyl (C=O) groups excluding carboxylic acids is 2. The number of alkyl halides is 3. The van der Waals surface area contributed by atoms with Gasteiger partial charge in [-0.15, -0.1) is 0 Å². The standard InChI is InChI=1S/C22H30F3N3O4S/c1-21(2,3)20(30)27-9-5-6-16(15-27)19(29)26-10-12-28(13-11-26)33(31,32)18-8-4-7-17(14-18)22(23,24)25/h4,7-8,14,16H,5-6,9-13,15H2,1-3H3. The smallest absolute Gasteiger partial charge is 0.341 e. The van der Waals surface area contributed by atoms with Crippen molar-refractivity contribution in [1.29, 1.82) is 0 Å². The Kier molecular flexibility index (Phi) is 7.14. The van der Waals surface area contributed by atoms with Gasteiger partial charge in [-0.3, -0.25) is 9.59 Å². The van der Waals surface area contributed by atoms with Crippen LogP contribution in [0.5, 0.6) is 0 Å². The van der Waals surface area contributed by atoms with Gasteiger partial charge in [0.05, 0.1) is 16.4 Å². The van der Waals surface area contributed by atoms with Gasteiger partial charge in [-0.25, -0.2) is 8.42 Å². The molecule has 2 aliphatic heterocycles. The Morgan fingerprint density at radius 3 is 2.18 bits per heavy atom. The van der Waals surface area contributed by atoms with Crippen molar-refractivity contribution in [2.24, 2.45) is 11.3 Å². The predicted molar refractivity (Wildman–Crippen MR) is 116 cm³/mol. The van der Waals surface area contributed by atoms with Gasteiger partial charge in [0.15, 0.2) is 0 Å². The van der Waals surface area contributed by atoms with Crippen LogP contribution < -0.4 is 0 Å². The summed E-state index contributed by atoms with van der Waals surface area (Å²) in [6, 6.07) is 3.68. The number of nitrogens with zero attached hydrogens (tertiary/aromatic N) is 3. The molecule has 0 aliphatic carbocycles. The summed E-state index contributed by atoms with van der Waals surface area (Å²) in [5.41, 5.74) is -1.56. The average Bonchev–Trinajstić information content (AvgIpc) is 2.77. The summed E-state index contributed by atoms with van der Waals surface area (Å²) < 4.78 is 65.8. The minimum atomic E-state index is -4.64. The van der Waals surface area contributed by atoms with E-state index in [-0.39, 0.29) is 43.9 Å². The molecule has 0 aromatic heterocycles. The molecule has 184 valence electrons. The summed E-state index contributed by atoms with van der Waals surface area (Å²) >= 11 is 0. The molecule has 1 aromatic carbocycles. The number of sulfonamides is 1. The minimum Gasteiger partial charge on any atom is -0.341 e. The number of likely N-dealkylation sites (tertiary alicyclic amines) is 1. The Morgan fingerprint density at radius 2 is 1.61 bits per heavy atom. The predicted octanol–water partition coefficient (Wildman–Crippen LogP) is 2.82. The number of rotatable bonds is 3. The molecule has 33 heavy (non-hydrogen) atoms. The second-order valence-electron chi connectivity index (χ2n) is 9.60. The van der Waals surface area contributed by atoms with Crippen LogP contribution in [0.2, 0.25) is 0 Å². The average molecular weight is 490 g/mol. The van der Waals surface area contributed by atoms with Gasteiger partial charge in [-0.1, -0.05) is 26.8 Å². The summed E-state index contributed by atoms with van der Waals surface area (Å²) in [5, 5.41) is 0. The molecule has 2 saturated heterocycles. The molecule has 11 heteroatoms. The van der Waals surface area contributed by atoms with Crippen molar-refractivity contribution in [1.82, 2.24) is 14.1 Å². The van der Waals surface area contributed by atoms with Crippen molar-refractivity contribution < 1.29 is 31.2 Å². The van der Waals surface area contributed by atoms with E-state index in [9.17, 15) is 31.2 Å². The first-order valence-corrected chi connectivity index (χ1v) is 12.4. The largest absolute Gasteiger partial charge is 0.416 e. The molecule has 0 radical (unpaired) electrons. The summed E-state index contributed by atoms with van der Waals surface area (Å²) in [6.45, 7) is 6.78. The van der Waals surface area contributed by atoms with Crippen LogP contribution in [0.3, 0.4) is 0 Å². The maximum atomic E-state index is 13.0. The first-order valence-electron chi connectivity index (χ1n) is 11.0. The van der Waals surface area contributed by atoms with Gasteiger partial charge in [0, 0.05) is 44.7 Å². The molecule has 3 rings (SSSR count). The second kappa shape index (κ2) is 9.25. The topological polar surface area (TPSA) is 78.0 Å². The van der Waals surface area contributed by atoms with E-state index in [1.54, 1.807) is 9.80 Å². The number of hydrogen-bond donors (Lipinski definition) is 0. The van der Waals surface area contributed by atoms with Crippen LogP contribution in [0, 0.1) is 11.3 Å². The van der Waals surface area contributed by atoms with Crippen LogP contribution in [0.15, 0.2) is 29.2 Å². The zero-order valence-corrected chi connectivity index (χ0v) is 19.9. The van der Waals surface area contributed by atoms with E-state index >= 15 is 0 Å². The first-order chi connectivity index (χ1) is 15.2. The highest BCUT2D eigenvalue weighted by Gasteiger charge is 2.38. The van der Waals surface area contributed by atoms with Crippen molar-refractivity contribution in [3.05, 3.63) is 29.8 Å². The SMILES string of the molecule is CC(C)(C)C(=O)N1CCCC(C(=O)N2CCN(S(=O)(=O)c3cccc(C(F)(F)F)c3)CC2)C1. The maximum Gasteiger partial charge on any atom is 0.416 e. The lowest BCUT2D eigenvalue weighted by Crippen LogP contribution is -2.54. The zero-order chi connectivity index (χ0) is 24.6. The quantitative estimate of drug-likeness (QED) is 0.654. The Bertz CT molecular complexity index is 997. The van der Waals surface area contributed by atoms with Gasteiger partial charge in [0.25, 0.3) is 0 Å². The molecule has 1 atom stereocenters. The Morgan fingerprint density at radius 1 is 0.970 bits per heavy atom. The summed E-state index contributed by atoms with van der Waals surface area (Å²) in [4.78, 5) is 28.5. The molecular formula is C22H30F3N3O4S. The highest BCUT2D eigenvalue weighted by atomic mass is 32.2. The van der Waals surface area contributed by atoms with Gasteiger partial charge in [-0.05, 0) is 31.0 Å². The third kappa shape index (κ3) is 5.68. The zero-order valence-electron chi connectivity index (χ0n) is 19.1. The number of carbonyl (C=O) groups is 2. The number of piperazine rings is 1. The van der Waals surface area contributed by atoms with Crippen LogP contribution >= 0.6 is 0 Å². The van der Waals surface area contributed by atoms with Crippen molar-refractivity contribution in [3.8, 4) is 0 Å². The first kappa shape index (κ1) is 25.5. The Balaban J connectivity index is 1.63. The van der Waals surface area contributed by atoms with Crippen molar-refractivity contribution >= 4 is 21.8 Å². The van der Waals surface area contributed by atoms with E-state index in [0.29, 0.717) is 25.6 Å². The van der Waals surface area contributed by atoms with Gasteiger partial charge in [0.2, 0.25) is 21.8 Å². The molecule has 0 saturated carbocycles. The van der Waals surface area contributed by atoms with Gasteiger partial charge >= 0.3 is 6.18 Å². The lowest BCUT2D eigenvalue weighted by atomic mass is 9.90. The van der Waals surface area contributed by atoms with Gasteiger partial charge in [-0.2, -0.15) is 17.5 Å². The molecule has 0 spiro atoms. The van der Waals surface area contributed by atoms with E-state index in [4.69, 9.17) is 0 Å². The van der Waals surface area contributed by atoms with E-state index in [1.807, 2.05) is 20.8 Å². The van der Waals surface area contributed by atoms with Crippen molar-refractivity contribution in [3.63, 3.8) is 0 Å².